The van der Waals surface area contributed by atoms with E-state index in [-0.39, 0.29) is 0 Å². The molecule has 6 nitrogen and oxygen atoms in total. The average Bonchev–Trinajstić information content (AvgIpc) is 3.43. The van der Waals surface area contributed by atoms with E-state index in [1.807, 2.05) is 72.9 Å². The fourth-order valence-corrected chi connectivity index (χ4v) is 2.88. The van der Waals surface area contributed by atoms with Crippen LogP contribution in [-0.2, 0) is 0 Å². The summed E-state index contributed by atoms with van der Waals surface area (Å²) >= 11 is 0. The number of benzene rings is 2. The average molecular weight is 387 g/mol. The summed E-state index contributed by atoms with van der Waals surface area (Å²) in [5.74, 6) is 3.01. The molecule has 2 heterocycles. The lowest BCUT2D eigenvalue weighted by Gasteiger charge is -2.06. The SMILES string of the molecule is COc1ccc(Oc2ccc(N=Cc3[nH]c(-c4ccc[nH]4)cc3OC)cc2)cc1. The van der Waals surface area contributed by atoms with Crippen LogP contribution in [0.1, 0.15) is 5.69 Å². The molecule has 0 spiro atoms. The van der Waals surface area contributed by atoms with Crippen molar-refractivity contribution in [2.24, 2.45) is 4.99 Å². The monoisotopic (exact) mass is 387 g/mol. The van der Waals surface area contributed by atoms with Gasteiger partial charge in [0, 0.05) is 12.3 Å². The van der Waals surface area contributed by atoms with E-state index in [4.69, 9.17) is 14.2 Å². The zero-order valence-electron chi connectivity index (χ0n) is 16.2. The first kappa shape index (κ1) is 18.4. The first-order chi connectivity index (χ1) is 14.2. The Kier molecular flexibility index (Phi) is 5.33. The number of hydrogen-bond donors (Lipinski definition) is 2. The molecule has 0 saturated carbocycles. The summed E-state index contributed by atoms with van der Waals surface area (Å²) in [6, 6.07) is 20.9. The van der Waals surface area contributed by atoms with Gasteiger partial charge < -0.3 is 24.2 Å². The summed E-state index contributed by atoms with van der Waals surface area (Å²) in [6.45, 7) is 0. The van der Waals surface area contributed by atoms with Crippen LogP contribution in [0.15, 0.2) is 77.9 Å². The van der Waals surface area contributed by atoms with E-state index in [2.05, 4.69) is 15.0 Å². The predicted octanol–water partition coefficient (Wildman–Crippen LogP) is 5.57. The van der Waals surface area contributed by atoms with E-state index < -0.39 is 0 Å². The minimum Gasteiger partial charge on any atom is -0.497 e. The zero-order valence-corrected chi connectivity index (χ0v) is 16.2. The van der Waals surface area contributed by atoms with Crippen molar-refractivity contribution >= 4 is 11.9 Å². The van der Waals surface area contributed by atoms with Gasteiger partial charge in [-0.15, -0.1) is 0 Å². The van der Waals surface area contributed by atoms with Crippen molar-refractivity contribution in [2.45, 2.75) is 0 Å². The van der Waals surface area contributed by atoms with Gasteiger partial charge in [0.15, 0.2) is 0 Å². The van der Waals surface area contributed by atoms with E-state index in [0.29, 0.717) is 0 Å². The molecule has 0 aliphatic carbocycles. The molecular formula is C23H21N3O3. The number of nitrogens with one attached hydrogen (secondary N) is 2. The molecule has 0 unspecified atom stereocenters. The number of methoxy groups -OCH3 is 2. The topological polar surface area (TPSA) is 71.6 Å². The Morgan fingerprint density at radius 2 is 1.48 bits per heavy atom. The molecule has 2 aromatic heterocycles. The van der Waals surface area contributed by atoms with Gasteiger partial charge in [-0.05, 0) is 60.7 Å². The molecule has 6 heteroatoms. The maximum atomic E-state index is 5.84. The molecule has 0 aliphatic heterocycles. The molecule has 0 saturated heterocycles. The molecule has 4 rings (SSSR count). The molecular weight excluding hydrogens is 366 g/mol. The number of rotatable bonds is 7. The third-order valence-corrected chi connectivity index (χ3v) is 4.39. The normalized spacial score (nSPS) is 11.0. The van der Waals surface area contributed by atoms with Gasteiger partial charge in [0.2, 0.25) is 0 Å². The molecule has 4 aromatic rings. The molecule has 0 fully saturated rings. The van der Waals surface area contributed by atoms with Gasteiger partial charge in [-0.1, -0.05) is 0 Å². The predicted molar refractivity (Wildman–Crippen MR) is 114 cm³/mol. The maximum absolute atomic E-state index is 5.84. The summed E-state index contributed by atoms with van der Waals surface area (Å²) in [5, 5.41) is 0. The Bertz CT molecular complexity index is 1080. The minimum absolute atomic E-state index is 0.734. The zero-order chi connectivity index (χ0) is 20.1. The van der Waals surface area contributed by atoms with E-state index in [9.17, 15) is 0 Å². The van der Waals surface area contributed by atoms with E-state index in [1.54, 1.807) is 20.4 Å². The first-order valence-corrected chi connectivity index (χ1v) is 9.12. The fraction of sp³-hybridized carbons (Fsp3) is 0.0870. The Labute approximate surface area is 168 Å². The molecule has 2 aromatic carbocycles. The number of ether oxygens (including phenoxy) is 3. The summed E-state index contributed by atoms with van der Waals surface area (Å²) in [5.41, 5.74) is 3.54. The van der Waals surface area contributed by atoms with Crippen molar-refractivity contribution in [1.82, 2.24) is 9.97 Å². The van der Waals surface area contributed by atoms with Crippen molar-refractivity contribution in [3.05, 3.63) is 78.6 Å². The van der Waals surface area contributed by atoms with Crippen molar-refractivity contribution in [1.29, 1.82) is 0 Å². The number of aromatic nitrogens is 2. The number of hydrogen-bond acceptors (Lipinski definition) is 4. The fourth-order valence-electron chi connectivity index (χ4n) is 2.88. The molecule has 0 bridgehead atoms. The van der Waals surface area contributed by atoms with Crippen LogP contribution in [0.25, 0.3) is 11.4 Å². The number of nitrogens with zero attached hydrogens (tertiary/aromatic N) is 1. The lowest BCUT2D eigenvalue weighted by molar-refractivity contribution is 0.413. The van der Waals surface area contributed by atoms with Crippen LogP contribution in [0.5, 0.6) is 23.0 Å². The Balaban J connectivity index is 1.46. The third-order valence-electron chi connectivity index (χ3n) is 4.39. The highest BCUT2D eigenvalue weighted by molar-refractivity contribution is 5.85. The molecule has 2 N–H and O–H groups in total. The highest BCUT2D eigenvalue weighted by Gasteiger charge is 2.09. The van der Waals surface area contributed by atoms with Crippen LogP contribution in [0.4, 0.5) is 5.69 Å². The first-order valence-electron chi connectivity index (χ1n) is 9.12. The van der Waals surface area contributed by atoms with Crippen LogP contribution in [0.3, 0.4) is 0 Å². The second kappa shape index (κ2) is 8.39. The number of aromatic amines is 2. The number of aliphatic imine (C=N–C) groups is 1. The summed E-state index contributed by atoms with van der Waals surface area (Å²) in [6.07, 6.45) is 3.64. The lowest BCUT2D eigenvalue weighted by Crippen LogP contribution is -1.88. The van der Waals surface area contributed by atoms with Crippen molar-refractivity contribution in [3.8, 4) is 34.4 Å². The highest BCUT2D eigenvalue weighted by atomic mass is 16.5. The summed E-state index contributed by atoms with van der Waals surface area (Å²) < 4.78 is 16.4. The molecule has 0 aliphatic rings. The second-order valence-electron chi connectivity index (χ2n) is 6.28. The van der Waals surface area contributed by atoms with Crippen LogP contribution in [0.2, 0.25) is 0 Å². The van der Waals surface area contributed by atoms with E-state index in [0.717, 1.165) is 45.8 Å². The molecule has 0 amide bonds. The molecule has 0 radical (unpaired) electrons. The van der Waals surface area contributed by atoms with Gasteiger partial charge in [0.05, 0.1) is 43.2 Å². The van der Waals surface area contributed by atoms with Gasteiger partial charge in [-0.25, -0.2) is 0 Å². The smallest absolute Gasteiger partial charge is 0.146 e. The molecule has 0 atom stereocenters. The van der Waals surface area contributed by atoms with Crippen molar-refractivity contribution in [3.63, 3.8) is 0 Å². The largest absolute Gasteiger partial charge is 0.497 e. The maximum Gasteiger partial charge on any atom is 0.146 e. The van der Waals surface area contributed by atoms with E-state index >= 15 is 0 Å². The lowest BCUT2D eigenvalue weighted by atomic mass is 10.3. The van der Waals surface area contributed by atoms with Gasteiger partial charge >= 0.3 is 0 Å². The quantitative estimate of drug-likeness (QED) is 0.407. The molecule has 29 heavy (non-hydrogen) atoms. The van der Waals surface area contributed by atoms with Crippen molar-refractivity contribution < 1.29 is 14.2 Å². The second-order valence-corrected chi connectivity index (χ2v) is 6.28. The minimum atomic E-state index is 0.734. The van der Waals surface area contributed by atoms with Gasteiger partial charge in [-0.3, -0.25) is 4.99 Å². The molecule has 146 valence electrons. The van der Waals surface area contributed by atoms with Crippen LogP contribution in [-0.4, -0.2) is 30.4 Å². The highest BCUT2D eigenvalue weighted by Crippen LogP contribution is 2.27. The van der Waals surface area contributed by atoms with Crippen LogP contribution < -0.4 is 14.2 Å². The van der Waals surface area contributed by atoms with Gasteiger partial charge in [-0.2, -0.15) is 0 Å². The van der Waals surface area contributed by atoms with Crippen LogP contribution in [0, 0.1) is 0 Å². The standard InChI is InChI=1S/C23H21N3O3/c1-27-17-9-11-19(12-10-17)29-18-7-5-16(6-8-18)25-15-22-23(28-2)14-21(26-22)20-4-3-13-24-20/h3-15,24,26H,1-2H3. The van der Waals surface area contributed by atoms with E-state index in [1.165, 1.54) is 0 Å². The summed E-state index contributed by atoms with van der Waals surface area (Å²) in [7, 11) is 3.28. The third kappa shape index (κ3) is 4.32. The van der Waals surface area contributed by atoms with Crippen LogP contribution >= 0.6 is 0 Å². The van der Waals surface area contributed by atoms with Crippen molar-refractivity contribution in [2.75, 3.05) is 14.2 Å². The number of H-pyrrole nitrogens is 2. The summed E-state index contributed by atoms with van der Waals surface area (Å²) in [4.78, 5) is 11.0. The Morgan fingerprint density at radius 1 is 0.793 bits per heavy atom. The van der Waals surface area contributed by atoms with Gasteiger partial charge in [0.1, 0.15) is 23.0 Å². The Hall–Kier alpha value is -3.93. The van der Waals surface area contributed by atoms with Gasteiger partial charge in [0.25, 0.3) is 0 Å². The Morgan fingerprint density at radius 3 is 2.10 bits per heavy atom.